The molecule has 0 radical (unpaired) electrons. The lowest BCUT2D eigenvalue weighted by Gasteiger charge is -2.45. The zero-order valence-electron chi connectivity index (χ0n) is 8.13. The van der Waals surface area contributed by atoms with E-state index in [2.05, 4.69) is 9.89 Å². The van der Waals surface area contributed by atoms with E-state index in [-0.39, 0.29) is 12.1 Å². The summed E-state index contributed by atoms with van der Waals surface area (Å²) in [6.07, 6.45) is 0.209. The summed E-state index contributed by atoms with van der Waals surface area (Å²) in [6, 6.07) is 0.247. The van der Waals surface area contributed by atoms with Crippen LogP contribution in [0.1, 0.15) is 6.42 Å². The highest BCUT2D eigenvalue weighted by Gasteiger charge is 2.58. The van der Waals surface area contributed by atoms with Crippen LogP contribution in [-0.4, -0.2) is 58.2 Å². The third-order valence-corrected chi connectivity index (χ3v) is 4.50. The number of thioether (sulfide) groups is 1. The van der Waals surface area contributed by atoms with E-state index in [1.165, 1.54) is 0 Å². The van der Waals surface area contributed by atoms with Gasteiger partial charge in [0.15, 0.2) is 5.17 Å². The van der Waals surface area contributed by atoms with Crippen LogP contribution in [0.4, 0.5) is 0 Å². The molecule has 82 valence electrons. The van der Waals surface area contributed by atoms with Gasteiger partial charge in [0.2, 0.25) is 12.0 Å². The second-order valence-corrected chi connectivity index (χ2v) is 5.49. The Morgan fingerprint density at radius 3 is 3.47 bits per heavy atom. The molecule has 4 atom stereocenters. The summed E-state index contributed by atoms with van der Waals surface area (Å²) in [7, 11) is 0. The standard InChI is InChI=1S/C9H12N2O3S/c12-9-3-5(6-4-13-7(9)14-6)11-1-2-15-8(11)10-9/h5-7,12H,1-4H2/t5-,6+,7+,9-/m0/s1. The summed E-state index contributed by atoms with van der Waals surface area (Å²) >= 11 is 1.72. The monoisotopic (exact) mass is 228 g/mol. The fraction of sp³-hybridized carbons (Fsp3) is 0.889. The van der Waals surface area contributed by atoms with Gasteiger partial charge in [-0.2, -0.15) is 0 Å². The molecule has 5 nitrogen and oxygen atoms in total. The molecule has 0 aromatic carbocycles. The summed E-state index contributed by atoms with van der Waals surface area (Å²) < 4.78 is 11.1. The van der Waals surface area contributed by atoms with Gasteiger partial charge in [-0.05, 0) is 0 Å². The average Bonchev–Trinajstić information content (AvgIpc) is 2.80. The van der Waals surface area contributed by atoms with Gasteiger partial charge < -0.3 is 19.5 Å². The highest BCUT2D eigenvalue weighted by Crippen LogP contribution is 2.44. The van der Waals surface area contributed by atoms with Crippen molar-refractivity contribution in [1.29, 1.82) is 0 Å². The minimum Gasteiger partial charge on any atom is -0.365 e. The van der Waals surface area contributed by atoms with Crippen molar-refractivity contribution in [2.45, 2.75) is 30.6 Å². The summed E-state index contributed by atoms with van der Waals surface area (Å²) in [5, 5.41) is 11.3. The van der Waals surface area contributed by atoms with Gasteiger partial charge in [-0.25, -0.2) is 4.99 Å². The Morgan fingerprint density at radius 2 is 2.53 bits per heavy atom. The van der Waals surface area contributed by atoms with Gasteiger partial charge in [-0.1, -0.05) is 11.8 Å². The van der Waals surface area contributed by atoms with Crippen molar-refractivity contribution >= 4 is 16.9 Å². The molecule has 3 fully saturated rings. The van der Waals surface area contributed by atoms with E-state index in [0.717, 1.165) is 17.5 Å². The molecule has 0 aromatic rings. The predicted octanol–water partition coefficient (Wildman–Crippen LogP) is -0.393. The number of amidine groups is 1. The fourth-order valence-corrected chi connectivity index (χ4v) is 3.88. The van der Waals surface area contributed by atoms with Crippen molar-refractivity contribution in [1.82, 2.24) is 4.90 Å². The number of rotatable bonds is 0. The van der Waals surface area contributed by atoms with Gasteiger partial charge >= 0.3 is 0 Å². The topological polar surface area (TPSA) is 54.3 Å². The zero-order chi connectivity index (χ0) is 10.0. The smallest absolute Gasteiger partial charge is 0.212 e. The van der Waals surface area contributed by atoms with Crippen molar-refractivity contribution in [2.24, 2.45) is 4.99 Å². The van der Waals surface area contributed by atoms with Gasteiger partial charge in [-0.15, -0.1) is 0 Å². The lowest BCUT2D eigenvalue weighted by molar-refractivity contribution is -0.224. The lowest BCUT2D eigenvalue weighted by Crippen LogP contribution is -2.60. The number of aliphatic imine (C=N–C) groups is 1. The molecule has 0 spiro atoms. The Labute approximate surface area is 91.4 Å². The molecule has 0 unspecified atom stereocenters. The molecule has 4 aliphatic heterocycles. The first-order valence-electron chi connectivity index (χ1n) is 5.25. The van der Waals surface area contributed by atoms with E-state index >= 15 is 0 Å². The molecule has 6 heteroatoms. The summed E-state index contributed by atoms with van der Waals surface area (Å²) in [6.45, 7) is 1.59. The number of aliphatic hydroxyl groups is 1. The summed E-state index contributed by atoms with van der Waals surface area (Å²) in [5.74, 6) is 1.06. The Bertz CT molecular complexity index is 350. The third-order valence-electron chi connectivity index (χ3n) is 3.53. The Kier molecular flexibility index (Phi) is 1.58. The largest absolute Gasteiger partial charge is 0.365 e. The first-order chi connectivity index (χ1) is 7.26. The molecule has 1 N–H and O–H groups in total. The SMILES string of the molecule is O[C@@]12C[C@@H]([C@H]3CO[C@@H]1O3)N1CCSC1=N2. The predicted molar refractivity (Wildman–Crippen MR) is 54.6 cm³/mol. The van der Waals surface area contributed by atoms with Crippen LogP contribution >= 0.6 is 11.8 Å². The molecule has 4 rings (SSSR count). The maximum Gasteiger partial charge on any atom is 0.212 e. The van der Waals surface area contributed by atoms with Gasteiger partial charge in [0.1, 0.15) is 6.10 Å². The van der Waals surface area contributed by atoms with E-state index in [4.69, 9.17) is 9.47 Å². The van der Waals surface area contributed by atoms with Crippen molar-refractivity contribution in [3.63, 3.8) is 0 Å². The lowest BCUT2D eigenvalue weighted by atomic mass is 9.94. The number of hydrogen-bond donors (Lipinski definition) is 1. The van der Waals surface area contributed by atoms with Crippen molar-refractivity contribution in [3.05, 3.63) is 0 Å². The Morgan fingerprint density at radius 1 is 1.60 bits per heavy atom. The van der Waals surface area contributed by atoms with Crippen molar-refractivity contribution < 1.29 is 14.6 Å². The van der Waals surface area contributed by atoms with Crippen LogP contribution in [0.2, 0.25) is 0 Å². The minimum atomic E-state index is -1.14. The molecule has 0 amide bonds. The van der Waals surface area contributed by atoms with Gasteiger partial charge in [0.05, 0.1) is 12.6 Å². The fourth-order valence-electron chi connectivity index (χ4n) is 2.79. The van der Waals surface area contributed by atoms with Crippen LogP contribution in [0.5, 0.6) is 0 Å². The molecule has 4 aliphatic rings. The second kappa shape index (κ2) is 2.68. The first kappa shape index (κ1) is 8.81. The van der Waals surface area contributed by atoms with Crippen LogP contribution in [0.15, 0.2) is 4.99 Å². The third kappa shape index (κ3) is 1.03. The van der Waals surface area contributed by atoms with Gasteiger partial charge in [-0.3, -0.25) is 0 Å². The summed E-state index contributed by atoms with van der Waals surface area (Å²) in [5.41, 5.74) is -1.14. The molecule has 0 saturated carbocycles. The van der Waals surface area contributed by atoms with Crippen LogP contribution < -0.4 is 0 Å². The normalized spacial score (nSPS) is 51.7. The zero-order valence-corrected chi connectivity index (χ0v) is 8.94. The van der Waals surface area contributed by atoms with E-state index in [9.17, 15) is 5.11 Å². The summed E-state index contributed by atoms with van der Waals surface area (Å²) in [4.78, 5) is 6.64. The molecule has 15 heavy (non-hydrogen) atoms. The Balaban J connectivity index is 1.84. The van der Waals surface area contributed by atoms with Gasteiger partial charge in [0, 0.05) is 18.7 Å². The van der Waals surface area contributed by atoms with E-state index in [1.54, 1.807) is 11.8 Å². The maximum absolute atomic E-state index is 10.4. The molecule has 0 aromatic heterocycles. The highest BCUT2D eigenvalue weighted by atomic mass is 32.2. The van der Waals surface area contributed by atoms with E-state index in [1.807, 2.05) is 0 Å². The molecule has 4 heterocycles. The molecular formula is C9H12N2O3S. The number of nitrogens with zero attached hydrogens (tertiary/aromatic N) is 2. The molecule has 0 aliphatic carbocycles. The number of ether oxygens (including phenoxy) is 2. The van der Waals surface area contributed by atoms with E-state index < -0.39 is 12.0 Å². The maximum atomic E-state index is 10.4. The first-order valence-corrected chi connectivity index (χ1v) is 6.24. The molecular weight excluding hydrogens is 216 g/mol. The molecule has 4 bridgehead atoms. The van der Waals surface area contributed by atoms with E-state index in [0.29, 0.717) is 13.0 Å². The quantitative estimate of drug-likeness (QED) is 0.612. The van der Waals surface area contributed by atoms with Crippen molar-refractivity contribution in [3.8, 4) is 0 Å². The minimum absolute atomic E-state index is 0.111. The van der Waals surface area contributed by atoms with Crippen LogP contribution in [0, 0.1) is 0 Å². The Hall–Kier alpha value is -0.300. The van der Waals surface area contributed by atoms with Crippen molar-refractivity contribution in [2.75, 3.05) is 18.9 Å². The average molecular weight is 228 g/mol. The number of fused-ring (bicyclic) bond motifs is 8. The molecule has 3 saturated heterocycles. The van der Waals surface area contributed by atoms with Gasteiger partial charge in [0.25, 0.3) is 0 Å². The highest BCUT2D eigenvalue weighted by molar-refractivity contribution is 8.14. The number of hydrogen-bond acceptors (Lipinski definition) is 6. The van der Waals surface area contributed by atoms with Crippen LogP contribution in [-0.2, 0) is 9.47 Å². The second-order valence-electron chi connectivity index (χ2n) is 4.43. The van der Waals surface area contributed by atoms with Crippen LogP contribution in [0.3, 0.4) is 0 Å². The van der Waals surface area contributed by atoms with Crippen LogP contribution in [0.25, 0.3) is 0 Å².